The highest BCUT2D eigenvalue weighted by molar-refractivity contribution is 7.99. The second kappa shape index (κ2) is 4.55. The van der Waals surface area contributed by atoms with Crippen molar-refractivity contribution in [2.45, 2.75) is 31.8 Å². The number of hydrogen-bond acceptors (Lipinski definition) is 2. The molecule has 0 aromatic carbocycles. The Kier molecular flexibility index (Phi) is 3.66. The topological polar surface area (TPSA) is 17.8 Å². The van der Waals surface area contributed by atoms with Crippen LogP contribution in [0, 0.1) is 0 Å². The summed E-state index contributed by atoms with van der Waals surface area (Å²) in [6.07, 6.45) is 4.24. The van der Waals surface area contributed by atoms with Crippen molar-refractivity contribution in [3.63, 3.8) is 0 Å². The molecule has 0 aliphatic rings. The second-order valence-electron chi connectivity index (χ2n) is 2.79. The summed E-state index contributed by atoms with van der Waals surface area (Å²) in [5, 5.41) is 1.15. The fourth-order valence-corrected chi connectivity index (χ4v) is 1.91. The first-order chi connectivity index (χ1) is 5.79. The molecule has 0 atom stereocenters. The minimum absolute atomic E-state index is 1.07. The van der Waals surface area contributed by atoms with Gasteiger partial charge in [0, 0.05) is 24.7 Å². The van der Waals surface area contributed by atoms with Gasteiger partial charge < -0.3 is 4.57 Å². The molecule has 0 N–H and O–H groups in total. The van der Waals surface area contributed by atoms with Crippen LogP contribution < -0.4 is 0 Å². The SMILES string of the molecule is CCCSc1ncc(CC)n1C. The van der Waals surface area contributed by atoms with Crippen LogP contribution in [-0.4, -0.2) is 15.3 Å². The largest absolute Gasteiger partial charge is 0.326 e. The zero-order valence-corrected chi connectivity index (χ0v) is 8.82. The Morgan fingerprint density at radius 2 is 2.25 bits per heavy atom. The summed E-state index contributed by atoms with van der Waals surface area (Å²) in [5.41, 5.74) is 1.31. The highest BCUT2D eigenvalue weighted by Crippen LogP contribution is 2.17. The average Bonchev–Trinajstić information content (AvgIpc) is 2.43. The van der Waals surface area contributed by atoms with Gasteiger partial charge in [0.2, 0.25) is 0 Å². The van der Waals surface area contributed by atoms with Gasteiger partial charge in [0.05, 0.1) is 0 Å². The number of rotatable bonds is 4. The molecule has 0 spiro atoms. The lowest BCUT2D eigenvalue weighted by molar-refractivity contribution is 0.744. The standard InChI is InChI=1S/C9H16N2S/c1-4-6-12-9-10-7-8(5-2)11(9)3/h7H,4-6H2,1-3H3. The van der Waals surface area contributed by atoms with Crippen molar-refractivity contribution in [1.82, 2.24) is 9.55 Å². The summed E-state index contributed by atoms with van der Waals surface area (Å²) >= 11 is 1.84. The molecule has 12 heavy (non-hydrogen) atoms. The number of aromatic nitrogens is 2. The van der Waals surface area contributed by atoms with Gasteiger partial charge >= 0.3 is 0 Å². The van der Waals surface area contributed by atoms with Gasteiger partial charge in [-0.2, -0.15) is 0 Å². The summed E-state index contributed by atoms with van der Waals surface area (Å²) in [5.74, 6) is 1.16. The molecular formula is C9H16N2S. The first-order valence-electron chi connectivity index (χ1n) is 4.43. The molecule has 68 valence electrons. The van der Waals surface area contributed by atoms with Crippen molar-refractivity contribution >= 4 is 11.8 Å². The Labute approximate surface area is 78.4 Å². The summed E-state index contributed by atoms with van der Waals surface area (Å²) in [6, 6.07) is 0. The molecule has 0 amide bonds. The molecule has 0 unspecified atom stereocenters. The van der Waals surface area contributed by atoms with Gasteiger partial charge in [-0.15, -0.1) is 0 Å². The van der Waals surface area contributed by atoms with Crippen LogP contribution in [0.25, 0.3) is 0 Å². The quantitative estimate of drug-likeness (QED) is 0.669. The number of aryl methyl sites for hydroxylation is 1. The van der Waals surface area contributed by atoms with Crippen molar-refractivity contribution in [1.29, 1.82) is 0 Å². The molecule has 1 rings (SSSR count). The zero-order chi connectivity index (χ0) is 8.97. The molecular weight excluding hydrogens is 168 g/mol. The molecule has 0 radical (unpaired) electrons. The summed E-state index contributed by atoms with van der Waals surface area (Å²) in [7, 11) is 2.09. The van der Waals surface area contributed by atoms with Gasteiger partial charge in [0.1, 0.15) is 0 Å². The predicted molar refractivity (Wildman–Crippen MR) is 53.6 cm³/mol. The van der Waals surface area contributed by atoms with Crippen molar-refractivity contribution < 1.29 is 0 Å². The van der Waals surface area contributed by atoms with Crippen molar-refractivity contribution in [3.8, 4) is 0 Å². The van der Waals surface area contributed by atoms with Crippen LogP contribution in [0.4, 0.5) is 0 Å². The van der Waals surface area contributed by atoms with E-state index >= 15 is 0 Å². The highest BCUT2D eigenvalue weighted by Gasteiger charge is 2.03. The van der Waals surface area contributed by atoms with Crippen LogP contribution in [0.15, 0.2) is 11.4 Å². The number of hydrogen-bond donors (Lipinski definition) is 0. The Morgan fingerprint density at radius 3 is 2.75 bits per heavy atom. The molecule has 2 nitrogen and oxygen atoms in total. The van der Waals surface area contributed by atoms with Crippen LogP contribution in [0.5, 0.6) is 0 Å². The molecule has 0 saturated heterocycles. The molecule has 0 fully saturated rings. The van der Waals surface area contributed by atoms with Crippen LogP contribution in [0.2, 0.25) is 0 Å². The normalized spacial score (nSPS) is 10.6. The van der Waals surface area contributed by atoms with Crippen LogP contribution in [0.3, 0.4) is 0 Å². The van der Waals surface area contributed by atoms with E-state index in [2.05, 4.69) is 30.4 Å². The van der Waals surface area contributed by atoms with Gasteiger partial charge in [-0.1, -0.05) is 25.6 Å². The monoisotopic (exact) mass is 184 g/mol. The average molecular weight is 184 g/mol. The third-order valence-electron chi connectivity index (χ3n) is 1.84. The second-order valence-corrected chi connectivity index (χ2v) is 3.86. The molecule has 0 bridgehead atoms. The molecule has 1 heterocycles. The van der Waals surface area contributed by atoms with Crippen molar-refractivity contribution in [3.05, 3.63) is 11.9 Å². The third kappa shape index (κ3) is 2.03. The summed E-state index contributed by atoms with van der Waals surface area (Å²) in [4.78, 5) is 4.35. The maximum atomic E-state index is 4.35. The fraction of sp³-hybridized carbons (Fsp3) is 0.667. The van der Waals surface area contributed by atoms with Crippen molar-refractivity contribution in [2.24, 2.45) is 7.05 Å². The lowest BCUT2D eigenvalue weighted by Crippen LogP contribution is -1.96. The zero-order valence-electron chi connectivity index (χ0n) is 8.00. The van der Waals surface area contributed by atoms with Gasteiger partial charge in [-0.05, 0) is 12.8 Å². The van der Waals surface area contributed by atoms with Gasteiger partial charge in [0.15, 0.2) is 5.16 Å². The first-order valence-corrected chi connectivity index (χ1v) is 5.41. The Bertz CT molecular complexity index is 243. The molecule has 0 aliphatic carbocycles. The minimum Gasteiger partial charge on any atom is -0.326 e. The molecule has 3 heteroatoms. The minimum atomic E-state index is 1.07. The molecule has 0 saturated carbocycles. The maximum Gasteiger partial charge on any atom is 0.167 e. The van der Waals surface area contributed by atoms with E-state index in [-0.39, 0.29) is 0 Å². The highest BCUT2D eigenvalue weighted by atomic mass is 32.2. The van der Waals surface area contributed by atoms with Crippen LogP contribution >= 0.6 is 11.8 Å². The third-order valence-corrected chi connectivity index (χ3v) is 3.09. The van der Waals surface area contributed by atoms with Gasteiger partial charge in [0.25, 0.3) is 0 Å². The maximum absolute atomic E-state index is 4.35. The molecule has 0 aliphatic heterocycles. The van der Waals surface area contributed by atoms with Crippen LogP contribution in [0.1, 0.15) is 26.0 Å². The number of nitrogens with zero attached hydrogens (tertiary/aromatic N) is 2. The van der Waals surface area contributed by atoms with E-state index in [1.807, 2.05) is 18.0 Å². The molecule has 1 aromatic rings. The van der Waals surface area contributed by atoms with E-state index in [4.69, 9.17) is 0 Å². The van der Waals surface area contributed by atoms with Crippen LogP contribution in [-0.2, 0) is 13.5 Å². The lowest BCUT2D eigenvalue weighted by atomic mass is 10.4. The predicted octanol–water partition coefficient (Wildman–Crippen LogP) is 2.48. The van der Waals surface area contributed by atoms with Gasteiger partial charge in [-0.25, -0.2) is 4.98 Å². The molecule has 1 aromatic heterocycles. The van der Waals surface area contributed by atoms with Crippen molar-refractivity contribution in [2.75, 3.05) is 5.75 Å². The lowest BCUT2D eigenvalue weighted by Gasteiger charge is -2.02. The van der Waals surface area contributed by atoms with E-state index in [9.17, 15) is 0 Å². The van der Waals surface area contributed by atoms with E-state index < -0.39 is 0 Å². The first kappa shape index (κ1) is 9.65. The Hall–Kier alpha value is -0.440. The summed E-state index contributed by atoms with van der Waals surface area (Å²) < 4.78 is 2.18. The Morgan fingerprint density at radius 1 is 1.50 bits per heavy atom. The van der Waals surface area contributed by atoms with E-state index in [1.54, 1.807) is 0 Å². The Balaban J connectivity index is 2.66. The van der Waals surface area contributed by atoms with E-state index in [0.717, 1.165) is 17.3 Å². The van der Waals surface area contributed by atoms with E-state index in [0.29, 0.717) is 0 Å². The number of imidazole rings is 1. The smallest absolute Gasteiger partial charge is 0.167 e. The van der Waals surface area contributed by atoms with Gasteiger partial charge in [-0.3, -0.25) is 0 Å². The summed E-state index contributed by atoms with van der Waals surface area (Å²) in [6.45, 7) is 4.35. The fourth-order valence-electron chi connectivity index (χ4n) is 1.08. The van der Waals surface area contributed by atoms with E-state index in [1.165, 1.54) is 12.1 Å². The number of thioether (sulfide) groups is 1.